The Bertz CT molecular complexity index is 377. The van der Waals surface area contributed by atoms with Gasteiger partial charge >= 0.3 is 13.1 Å². The summed E-state index contributed by atoms with van der Waals surface area (Å²) in [6.07, 6.45) is 6.73. The van der Waals surface area contributed by atoms with Crippen molar-refractivity contribution >= 4 is 13.1 Å². The molecule has 7 heteroatoms. The van der Waals surface area contributed by atoms with Gasteiger partial charge in [-0.05, 0) is 57.4 Å². The van der Waals surface area contributed by atoms with Gasteiger partial charge in [0.05, 0.1) is 0 Å². The van der Waals surface area contributed by atoms with Crippen molar-refractivity contribution in [2.45, 2.75) is 56.8 Å². The van der Waals surface area contributed by atoms with E-state index in [0.717, 1.165) is 32.5 Å². The van der Waals surface area contributed by atoms with Crippen LogP contribution >= 0.6 is 0 Å². The molecular weight excluding hydrogens is 283 g/mol. The summed E-state index contributed by atoms with van der Waals surface area (Å²) in [5.74, 6) is -0.761. The molecule has 0 spiro atoms. The van der Waals surface area contributed by atoms with E-state index in [1.54, 1.807) is 0 Å². The lowest BCUT2D eigenvalue weighted by atomic mass is 9.66. The molecule has 1 heterocycles. The van der Waals surface area contributed by atoms with Gasteiger partial charge in [-0.1, -0.05) is 12.8 Å². The summed E-state index contributed by atoms with van der Waals surface area (Å²) >= 11 is 0. The number of nitrogens with zero attached hydrogens (tertiary/aromatic N) is 1. The SMILES string of the molecule is N[C@@]1(C(=O)O)C[C@@H](CCB(O)O)CC[C@@H]1CN1CCCCC1. The Labute approximate surface area is 132 Å². The van der Waals surface area contributed by atoms with Crippen LogP contribution < -0.4 is 5.73 Å². The highest BCUT2D eigenvalue weighted by Crippen LogP contribution is 2.38. The number of carboxylic acids is 1. The third kappa shape index (κ3) is 4.44. The molecule has 0 radical (unpaired) electrons. The second-order valence-corrected chi connectivity index (χ2v) is 7.11. The molecule has 2 fully saturated rings. The molecule has 5 N–H and O–H groups in total. The Morgan fingerprint density at radius 1 is 1.23 bits per heavy atom. The monoisotopic (exact) mass is 312 g/mol. The topological polar surface area (TPSA) is 107 Å². The molecule has 3 atom stereocenters. The minimum Gasteiger partial charge on any atom is -0.480 e. The number of hydrogen-bond acceptors (Lipinski definition) is 5. The maximum Gasteiger partial charge on any atom is 0.451 e. The van der Waals surface area contributed by atoms with Crippen molar-refractivity contribution in [2.75, 3.05) is 19.6 Å². The molecule has 6 nitrogen and oxygen atoms in total. The van der Waals surface area contributed by atoms with E-state index in [1.807, 2.05) is 0 Å². The van der Waals surface area contributed by atoms with Crippen LogP contribution in [0.4, 0.5) is 0 Å². The van der Waals surface area contributed by atoms with E-state index < -0.39 is 18.6 Å². The maximum atomic E-state index is 11.8. The molecule has 22 heavy (non-hydrogen) atoms. The fraction of sp³-hybridized carbons (Fsp3) is 0.933. The predicted octanol–water partition coefficient (Wildman–Crippen LogP) is 0.534. The van der Waals surface area contributed by atoms with E-state index in [0.29, 0.717) is 12.8 Å². The summed E-state index contributed by atoms with van der Waals surface area (Å²) in [4.78, 5) is 14.1. The molecule has 1 aliphatic carbocycles. The molecule has 2 rings (SSSR count). The Morgan fingerprint density at radius 2 is 1.91 bits per heavy atom. The van der Waals surface area contributed by atoms with E-state index in [4.69, 9.17) is 15.8 Å². The number of carboxylic acid groups (broad SMARTS) is 1. The highest BCUT2D eigenvalue weighted by Gasteiger charge is 2.47. The van der Waals surface area contributed by atoms with E-state index in [9.17, 15) is 9.90 Å². The van der Waals surface area contributed by atoms with Gasteiger partial charge in [0.15, 0.2) is 0 Å². The molecule has 0 aromatic carbocycles. The van der Waals surface area contributed by atoms with E-state index in [2.05, 4.69) is 4.90 Å². The summed E-state index contributed by atoms with van der Waals surface area (Å²) in [7, 11) is -1.32. The molecule has 0 aromatic rings. The molecule has 2 aliphatic rings. The lowest BCUT2D eigenvalue weighted by Gasteiger charge is -2.44. The average molecular weight is 312 g/mol. The fourth-order valence-electron chi connectivity index (χ4n) is 4.04. The summed E-state index contributed by atoms with van der Waals surface area (Å²) in [6, 6.07) is 0. The highest BCUT2D eigenvalue weighted by molar-refractivity contribution is 6.40. The number of rotatable bonds is 6. The molecule has 1 saturated carbocycles. The zero-order valence-corrected chi connectivity index (χ0v) is 13.3. The minimum atomic E-state index is -1.32. The number of nitrogens with two attached hydrogens (primary N) is 1. The molecule has 126 valence electrons. The predicted molar refractivity (Wildman–Crippen MR) is 85.3 cm³/mol. The van der Waals surface area contributed by atoms with Crippen LogP contribution in [-0.4, -0.2) is 58.3 Å². The van der Waals surface area contributed by atoms with Crippen molar-refractivity contribution in [2.24, 2.45) is 17.6 Å². The summed E-state index contributed by atoms with van der Waals surface area (Å²) in [6.45, 7) is 2.87. The smallest absolute Gasteiger partial charge is 0.451 e. The summed E-state index contributed by atoms with van der Waals surface area (Å²) in [5.41, 5.74) is 5.13. The average Bonchev–Trinajstić information content (AvgIpc) is 2.48. The number of carbonyl (C=O) groups is 1. The standard InChI is InChI=1S/C15H29BN2O4/c17-15(14(19)20)10-12(6-7-16(21)22)4-5-13(15)11-18-8-2-1-3-9-18/h12-13,21-22H,1-11,17H2,(H,19,20)/t12-,13-,15+/m1/s1. The third-order valence-corrected chi connectivity index (χ3v) is 5.44. The minimum absolute atomic E-state index is 0.0154. The van der Waals surface area contributed by atoms with Gasteiger partial charge in [0.25, 0.3) is 0 Å². The molecule has 1 saturated heterocycles. The van der Waals surface area contributed by atoms with Gasteiger partial charge in [-0.2, -0.15) is 0 Å². The first-order valence-corrected chi connectivity index (χ1v) is 8.52. The maximum absolute atomic E-state index is 11.8. The van der Waals surface area contributed by atoms with Crippen molar-refractivity contribution in [1.29, 1.82) is 0 Å². The number of aliphatic carboxylic acids is 1. The fourth-order valence-corrected chi connectivity index (χ4v) is 4.04. The second-order valence-electron chi connectivity index (χ2n) is 7.11. The Hall–Kier alpha value is -0.625. The second kappa shape index (κ2) is 7.77. The van der Waals surface area contributed by atoms with Gasteiger partial charge in [0.1, 0.15) is 5.54 Å². The van der Waals surface area contributed by atoms with Gasteiger partial charge in [-0.25, -0.2) is 0 Å². The Kier molecular flexibility index (Phi) is 6.26. The quantitative estimate of drug-likeness (QED) is 0.533. The van der Waals surface area contributed by atoms with Crippen LogP contribution in [-0.2, 0) is 4.79 Å². The van der Waals surface area contributed by atoms with E-state index in [1.165, 1.54) is 19.3 Å². The first-order chi connectivity index (χ1) is 10.4. The molecule has 1 aliphatic heterocycles. The third-order valence-electron chi connectivity index (χ3n) is 5.44. The zero-order chi connectivity index (χ0) is 16.2. The van der Waals surface area contributed by atoms with Crippen molar-refractivity contribution in [3.05, 3.63) is 0 Å². The highest BCUT2D eigenvalue weighted by atomic mass is 16.4. The van der Waals surface area contributed by atoms with Gasteiger partial charge in [0, 0.05) is 12.5 Å². The van der Waals surface area contributed by atoms with E-state index in [-0.39, 0.29) is 18.2 Å². The van der Waals surface area contributed by atoms with Gasteiger partial charge in [0.2, 0.25) is 0 Å². The Morgan fingerprint density at radius 3 is 2.50 bits per heavy atom. The van der Waals surface area contributed by atoms with Gasteiger partial charge in [-0.15, -0.1) is 0 Å². The van der Waals surface area contributed by atoms with Crippen LogP contribution in [0.2, 0.25) is 6.32 Å². The van der Waals surface area contributed by atoms with Crippen molar-refractivity contribution < 1.29 is 19.9 Å². The lowest BCUT2D eigenvalue weighted by molar-refractivity contribution is -0.148. The van der Waals surface area contributed by atoms with Gasteiger partial charge < -0.3 is 25.8 Å². The molecule has 0 bridgehead atoms. The van der Waals surface area contributed by atoms with Crippen LogP contribution in [0.5, 0.6) is 0 Å². The van der Waals surface area contributed by atoms with Crippen LogP contribution in [0, 0.1) is 11.8 Å². The van der Waals surface area contributed by atoms with Crippen LogP contribution in [0.15, 0.2) is 0 Å². The van der Waals surface area contributed by atoms with Crippen LogP contribution in [0.1, 0.15) is 44.9 Å². The van der Waals surface area contributed by atoms with E-state index >= 15 is 0 Å². The van der Waals surface area contributed by atoms with Crippen molar-refractivity contribution in [3.8, 4) is 0 Å². The van der Waals surface area contributed by atoms with Gasteiger partial charge in [-0.3, -0.25) is 4.79 Å². The molecule has 0 unspecified atom stereocenters. The first kappa shape index (κ1) is 17.7. The largest absolute Gasteiger partial charge is 0.480 e. The lowest BCUT2D eigenvalue weighted by Crippen LogP contribution is -2.60. The number of hydrogen-bond donors (Lipinski definition) is 4. The molecule has 0 aromatic heterocycles. The zero-order valence-electron chi connectivity index (χ0n) is 13.3. The van der Waals surface area contributed by atoms with Crippen LogP contribution in [0.3, 0.4) is 0 Å². The number of likely N-dealkylation sites (tertiary alicyclic amines) is 1. The number of piperidine rings is 1. The molecule has 0 amide bonds. The molecular formula is C15H29BN2O4. The first-order valence-electron chi connectivity index (χ1n) is 8.52. The summed E-state index contributed by atoms with van der Waals surface area (Å²) < 4.78 is 0. The normalized spacial score (nSPS) is 33.6. The summed E-state index contributed by atoms with van der Waals surface area (Å²) in [5, 5.41) is 27.6. The van der Waals surface area contributed by atoms with Crippen molar-refractivity contribution in [1.82, 2.24) is 4.90 Å². The van der Waals surface area contributed by atoms with Crippen LogP contribution in [0.25, 0.3) is 0 Å². The Balaban J connectivity index is 1.96. The van der Waals surface area contributed by atoms with Crippen molar-refractivity contribution in [3.63, 3.8) is 0 Å².